The van der Waals surface area contributed by atoms with Gasteiger partial charge < -0.3 is 98.6 Å². The van der Waals surface area contributed by atoms with Crippen molar-refractivity contribution in [3.05, 3.63) is 0 Å². The van der Waals surface area contributed by atoms with Crippen molar-refractivity contribution in [3.8, 4) is 0 Å². The first-order valence-electron chi connectivity index (χ1n) is 5.16. The minimum absolute atomic E-state index is 0. The summed E-state index contributed by atoms with van der Waals surface area (Å²) in [5.74, 6) is 0. The molecule has 0 saturated carbocycles. The van der Waals surface area contributed by atoms with E-state index in [1.807, 2.05) is 0 Å². The van der Waals surface area contributed by atoms with Gasteiger partial charge in [-0.15, -0.1) is 0 Å². The molecule has 0 bridgehead atoms. The summed E-state index contributed by atoms with van der Waals surface area (Å²) in [6.45, 7) is 0. The maximum absolute atomic E-state index is 10.5. The first-order valence-corrected chi connectivity index (χ1v) is 15.5. The van der Waals surface area contributed by atoms with E-state index in [-0.39, 0.29) is 12.3 Å². The van der Waals surface area contributed by atoms with Crippen molar-refractivity contribution in [1.29, 1.82) is 0 Å². The summed E-state index contributed by atoms with van der Waals surface area (Å²) in [7, 11) is -30.7. The van der Waals surface area contributed by atoms with Crippen LogP contribution in [-0.4, -0.2) is 141 Å². The van der Waals surface area contributed by atoms with E-state index in [4.69, 9.17) is 86.3 Å². The van der Waals surface area contributed by atoms with E-state index in [0.717, 1.165) is 0 Å². The van der Waals surface area contributed by atoms with Crippen molar-refractivity contribution in [2.24, 2.45) is 0 Å². The highest BCUT2D eigenvalue weighted by molar-refractivity contribution is 6.49. The first kappa shape index (κ1) is 53.4. The van der Waals surface area contributed by atoms with Gasteiger partial charge in [0.15, 0.2) is 0 Å². The lowest BCUT2D eigenvalue weighted by Crippen LogP contribution is -2.27. The SMILES string of the molecule is N.N.O[Si](O)(O)F.O[Si](O)(O)F.O[Si](O)(O)F.O[Si](O)(O)F.O[Si](O)(O)F.O[Si](O)(O)F. The van der Waals surface area contributed by atoms with Gasteiger partial charge in [-0.05, 0) is 0 Å². The van der Waals surface area contributed by atoms with Crippen molar-refractivity contribution in [2.75, 3.05) is 0 Å². The van der Waals surface area contributed by atoms with Gasteiger partial charge >= 0.3 is 54.8 Å². The van der Waals surface area contributed by atoms with Crippen molar-refractivity contribution in [2.45, 2.75) is 0 Å². The summed E-state index contributed by atoms with van der Waals surface area (Å²) in [4.78, 5) is 128. The molecule has 0 saturated heterocycles. The Bertz CT molecular complexity index is 238. The Kier molecular flexibility index (Phi) is 36.1. The zero-order valence-electron chi connectivity index (χ0n) is 14.7. The zero-order valence-corrected chi connectivity index (χ0v) is 20.7. The summed E-state index contributed by atoms with van der Waals surface area (Å²) >= 11 is 0. The minimum atomic E-state index is -5.11. The predicted octanol–water partition coefficient (Wildman–Crippen LogP) is -9.47. The van der Waals surface area contributed by atoms with E-state index in [2.05, 4.69) is 0 Å². The Morgan fingerprint density at radius 2 is 0.219 bits per heavy atom. The van der Waals surface area contributed by atoms with Crippen LogP contribution in [-0.2, 0) is 0 Å². The zero-order chi connectivity index (χ0) is 27.0. The smallest absolute Gasteiger partial charge is 0.365 e. The van der Waals surface area contributed by atoms with Crippen LogP contribution in [0.4, 0.5) is 24.6 Å². The fraction of sp³-hybridized carbons (Fsp3) is 0. The Labute approximate surface area is 179 Å². The monoisotopic (exact) mass is 622 g/mol. The van der Waals surface area contributed by atoms with E-state index in [0.29, 0.717) is 0 Å². The molecule has 0 aromatic rings. The van der Waals surface area contributed by atoms with Crippen molar-refractivity contribution in [1.82, 2.24) is 12.3 Å². The molecule has 0 aromatic carbocycles. The summed E-state index contributed by atoms with van der Waals surface area (Å²) < 4.78 is 63.0. The molecule has 0 radical (unpaired) electrons. The summed E-state index contributed by atoms with van der Waals surface area (Å²) in [5.41, 5.74) is 0. The first-order chi connectivity index (χ1) is 12.0. The molecule has 0 rings (SSSR count). The molecule has 0 heterocycles. The maximum Gasteiger partial charge on any atom is 0.711 e. The maximum atomic E-state index is 10.5. The van der Waals surface area contributed by atoms with E-state index >= 15 is 0 Å². The van der Waals surface area contributed by atoms with Crippen LogP contribution in [0.3, 0.4) is 0 Å². The lowest BCUT2D eigenvalue weighted by Gasteiger charge is -1.88. The fourth-order valence-corrected chi connectivity index (χ4v) is 0. The Morgan fingerprint density at radius 3 is 0.219 bits per heavy atom. The fourth-order valence-electron chi connectivity index (χ4n) is 0. The Morgan fingerprint density at radius 1 is 0.219 bits per heavy atom. The molecule has 20 nitrogen and oxygen atoms in total. The van der Waals surface area contributed by atoms with Crippen molar-refractivity contribution >= 4 is 54.8 Å². The molecule has 32 heteroatoms. The molecular weight excluding hydrogens is 599 g/mol. The quantitative estimate of drug-likeness (QED) is 0.0676. The minimum Gasteiger partial charge on any atom is -0.365 e. The van der Waals surface area contributed by atoms with Gasteiger partial charge in [0.05, 0.1) is 0 Å². The second kappa shape index (κ2) is 21.6. The van der Waals surface area contributed by atoms with Crippen molar-refractivity contribution in [3.63, 3.8) is 0 Å². The van der Waals surface area contributed by atoms with Gasteiger partial charge in [-0.1, -0.05) is 0 Å². The van der Waals surface area contributed by atoms with Gasteiger partial charge in [0.1, 0.15) is 0 Å². The lowest BCUT2D eigenvalue weighted by atomic mass is 14.0. The Hall–Kier alpha value is 0.0813. The highest BCUT2D eigenvalue weighted by Crippen LogP contribution is 1.82. The largest absolute Gasteiger partial charge is 0.711 e. The van der Waals surface area contributed by atoms with E-state index in [1.54, 1.807) is 0 Å². The number of hydrogen-bond donors (Lipinski definition) is 20. The lowest BCUT2D eigenvalue weighted by molar-refractivity contribution is 0.162. The molecule has 208 valence electrons. The van der Waals surface area contributed by atoms with Gasteiger partial charge in [-0.2, -0.15) is 0 Å². The van der Waals surface area contributed by atoms with E-state index in [1.165, 1.54) is 0 Å². The number of hydrogen-bond acceptors (Lipinski definition) is 20. The van der Waals surface area contributed by atoms with Crippen LogP contribution < -0.4 is 12.3 Å². The predicted molar refractivity (Wildman–Crippen MR) is 91.2 cm³/mol. The Balaban J connectivity index is -0.0000000356. The summed E-state index contributed by atoms with van der Waals surface area (Å²) in [6.07, 6.45) is 0. The number of halogens is 6. The molecule has 0 amide bonds. The van der Waals surface area contributed by atoms with Crippen LogP contribution in [0.1, 0.15) is 0 Å². The van der Waals surface area contributed by atoms with E-state index in [9.17, 15) is 24.6 Å². The third-order valence-corrected chi connectivity index (χ3v) is 0. The average molecular weight is 623 g/mol. The van der Waals surface area contributed by atoms with Crippen LogP contribution in [0.25, 0.3) is 0 Å². The van der Waals surface area contributed by atoms with Gasteiger partial charge in [0, 0.05) is 0 Å². The third kappa shape index (κ3) is 3850000. The van der Waals surface area contributed by atoms with E-state index < -0.39 is 54.8 Å². The van der Waals surface area contributed by atoms with Gasteiger partial charge in [0.25, 0.3) is 0 Å². The second-order valence-electron chi connectivity index (χ2n) is 3.32. The third-order valence-electron chi connectivity index (χ3n) is 0. The molecule has 0 aliphatic carbocycles. The highest BCUT2D eigenvalue weighted by atomic mass is 28.4. The van der Waals surface area contributed by atoms with Crippen LogP contribution in [0.15, 0.2) is 0 Å². The highest BCUT2D eigenvalue weighted by Gasteiger charge is 2.28. The molecular formula is H24F6N2O18Si6. The summed E-state index contributed by atoms with van der Waals surface area (Å²) in [6, 6.07) is 0. The molecule has 0 atom stereocenters. The van der Waals surface area contributed by atoms with Crippen LogP contribution in [0, 0.1) is 0 Å². The van der Waals surface area contributed by atoms with Gasteiger partial charge in [-0.3, -0.25) is 0 Å². The van der Waals surface area contributed by atoms with Gasteiger partial charge in [-0.25, -0.2) is 24.6 Å². The standard InChI is InChI=1S/6FH3O3Si.2H3N/c6*1-5(2,3)4;;/h6*2-4H;2*1H3. The van der Waals surface area contributed by atoms with Crippen LogP contribution in [0.5, 0.6) is 0 Å². The molecule has 0 aromatic heterocycles. The molecule has 24 N–H and O–H groups in total. The number of rotatable bonds is 0. The molecule has 0 fully saturated rings. The topological polar surface area (TPSA) is 434 Å². The molecule has 0 spiro atoms. The summed E-state index contributed by atoms with van der Waals surface area (Å²) in [5, 5.41) is 0. The molecule has 32 heavy (non-hydrogen) atoms. The van der Waals surface area contributed by atoms with Crippen molar-refractivity contribution < 1.29 is 111 Å². The molecule has 0 aliphatic heterocycles. The van der Waals surface area contributed by atoms with Gasteiger partial charge in [0.2, 0.25) is 0 Å². The van der Waals surface area contributed by atoms with Crippen LogP contribution >= 0.6 is 0 Å². The average Bonchev–Trinajstić information content (AvgIpc) is 1.94. The second-order valence-corrected chi connectivity index (χ2v) is 9.96. The normalized spacial score (nSPS) is 11.2. The molecule has 0 unspecified atom stereocenters. The molecule has 0 aliphatic rings. The van der Waals surface area contributed by atoms with Crippen LogP contribution in [0.2, 0.25) is 0 Å².